The van der Waals surface area contributed by atoms with Crippen LogP contribution in [-0.4, -0.2) is 14.1 Å². The Morgan fingerprint density at radius 3 is 1.21 bits per heavy atom. The molecular formula is C8H6Br5N. The van der Waals surface area contributed by atoms with Gasteiger partial charge in [0.15, 0.2) is 0 Å². The molecule has 0 aliphatic heterocycles. The van der Waals surface area contributed by atoms with Crippen molar-refractivity contribution in [2.24, 2.45) is 0 Å². The first-order chi connectivity index (χ1) is 6.37. The van der Waals surface area contributed by atoms with Gasteiger partial charge in [-0.25, -0.2) is 0 Å². The molecule has 0 aliphatic rings. The van der Waals surface area contributed by atoms with Gasteiger partial charge in [-0.3, -0.25) is 0 Å². The molecule has 1 aromatic carbocycles. The van der Waals surface area contributed by atoms with Crippen LogP contribution in [-0.2, 0) is 0 Å². The van der Waals surface area contributed by atoms with Crippen molar-refractivity contribution in [1.82, 2.24) is 0 Å². The maximum Gasteiger partial charge on any atom is 0.0673 e. The minimum Gasteiger partial charge on any atom is -0.376 e. The first-order valence-corrected chi connectivity index (χ1v) is 7.53. The quantitative estimate of drug-likeness (QED) is 0.350. The molecule has 14 heavy (non-hydrogen) atoms. The summed E-state index contributed by atoms with van der Waals surface area (Å²) in [7, 11) is 4.00. The lowest BCUT2D eigenvalue weighted by Crippen LogP contribution is -2.10. The molecule has 0 spiro atoms. The molecule has 0 saturated carbocycles. The van der Waals surface area contributed by atoms with Crippen molar-refractivity contribution in [2.75, 3.05) is 19.0 Å². The number of anilines is 1. The number of hydrogen-bond acceptors (Lipinski definition) is 1. The van der Waals surface area contributed by atoms with Crippen molar-refractivity contribution in [3.05, 3.63) is 22.4 Å². The number of rotatable bonds is 1. The molecule has 0 bridgehead atoms. The second-order valence-corrected chi connectivity index (χ2v) is 6.78. The first-order valence-electron chi connectivity index (χ1n) is 3.56. The summed E-state index contributed by atoms with van der Waals surface area (Å²) in [5.41, 5.74) is 1.09. The fourth-order valence-electron chi connectivity index (χ4n) is 0.986. The summed E-state index contributed by atoms with van der Waals surface area (Å²) in [5, 5.41) is 0. The molecule has 0 saturated heterocycles. The zero-order valence-electron chi connectivity index (χ0n) is 7.34. The van der Waals surface area contributed by atoms with E-state index in [0.29, 0.717) is 0 Å². The monoisotopic (exact) mass is 511 g/mol. The Morgan fingerprint density at radius 1 is 0.643 bits per heavy atom. The molecule has 78 valence electrons. The molecule has 0 aliphatic carbocycles. The largest absolute Gasteiger partial charge is 0.376 e. The molecular weight excluding hydrogens is 510 g/mol. The first kappa shape index (κ1) is 13.5. The van der Waals surface area contributed by atoms with Crippen molar-refractivity contribution in [3.8, 4) is 0 Å². The van der Waals surface area contributed by atoms with Crippen LogP contribution in [0, 0.1) is 0 Å². The number of nitrogens with zero attached hydrogens (tertiary/aromatic N) is 1. The fraction of sp³-hybridized carbons (Fsp3) is 0.250. The molecule has 0 N–H and O–H groups in total. The predicted octanol–water partition coefficient (Wildman–Crippen LogP) is 5.57. The zero-order chi connectivity index (χ0) is 11.0. The topological polar surface area (TPSA) is 3.24 Å². The normalized spacial score (nSPS) is 10.5. The highest BCUT2D eigenvalue weighted by Crippen LogP contribution is 2.48. The van der Waals surface area contributed by atoms with Crippen LogP contribution in [0.3, 0.4) is 0 Å². The van der Waals surface area contributed by atoms with Gasteiger partial charge in [-0.15, -0.1) is 0 Å². The van der Waals surface area contributed by atoms with E-state index < -0.39 is 0 Å². The van der Waals surface area contributed by atoms with E-state index in [-0.39, 0.29) is 0 Å². The molecule has 1 nitrogen and oxygen atoms in total. The maximum absolute atomic E-state index is 3.55. The van der Waals surface area contributed by atoms with Gasteiger partial charge in [-0.2, -0.15) is 0 Å². The molecule has 1 aromatic rings. The molecule has 1 rings (SSSR count). The van der Waals surface area contributed by atoms with Gasteiger partial charge >= 0.3 is 0 Å². The van der Waals surface area contributed by atoms with E-state index in [1.54, 1.807) is 0 Å². The SMILES string of the molecule is CN(C)c1c(Br)c(Br)c(Br)c(Br)c1Br. The molecule has 6 heteroatoms. The van der Waals surface area contributed by atoms with Gasteiger partial charge in [0.25, 0.3) is 0 Å². The van der Waals surface area contributed by atoms with Crippen LogP contribution in [0.1, 0.15) is 0 Å². The van der Waals surface area contributed by atoms with Crippen LogP contribution in [0.4, 0.5) is 5.69 Å². The number of benzene rings is 1. The van der Waals surface area contributed by atoms with Crippen LogP contribution in [0.5, 0.6) is 0 Å². The Kier molecular flexibility index (Phi) is 4.98. The standard InChI is InChI=1S/C8H6Br5N/c1-14(2)8-6(12)4(10)3(9)5(11)7(8)13/h1-2H3. The Bertz CT molecular complexity index is 345. The van der Waals surface area contributed by atoms with Gasteiger partial charge in [0.05, 0.1) is 14.6 Å². The molecule has 0 radical (unpaired) electrons. The highest BCUT2D eigenvalue weighted by atomic mass is 79.9. The molecule has 0 heterocycles. The Balaban J connectivity index is 3.60. The molecule has 0 fully saturated rings. The van der Waals surface area contributed by atoms with Crippen LogP contribution >= 0.6 is 79.6 Å². The van der Waals surface area contributed by atoms with Crippen molar-refractivity contribution in [1.29, 1.82) is 0 Å². The number of halogens is 5. The van der Waals surface area contributed by atoms with Gasteiger partial charge in [-0.05, 0) is 79.6 Å². The van der Waals surface area contributed by atoms with Crippen LogP contribution in [0.15, 0.2) is 22.4 Å². The van der Waals surface area contributed by atoms with Crippen molar-refractivity contribution < 1.29 is 0 Å². The Hall–Kier alpha value is 1.42. The highest BCUT2D eigenvalue weighted by molar-refractivity contribution is 9.15. The second kappa shape index (κ2) is 5.17. The summed E-state index contributed by atoms with van der Waals surface area (Å²) in [6.07, 6.45) is 0. The average molecular weight is 516 g/mol. The van der Waals surface area contributed by atoms with Gasteiger partial charge < -0.3 is 4.90 Å². The van der Waals surface area contributed by atoms with E-state index in [1.807, 2.05) is 19.0 Å². The van der Waals surface area contributed by atoms with Gasteiger partial charge in [0.1, 0.15) is 0 Å². The summed E-state index contributed by atoms with van der Waals surface area (Å²) in [6.45, 7) is 0. The van der Waals surface area contributed by atoms with Crippen molar-refractivity contribution >= 4 is 85.3 Å². The van der Waals surface area contributed by atoms with Gasteiger partial charge in [0, 0.05) is 27.5 Å². The molecule has 0 atom stereocenters. The van der Waals surface area contributed by atoms with E-state index in [0.717, 1.165) is 28.1 Å². The third kappa shape index (κ3) is 2.39. The van der Waals surface area contributed by atoms with Crippen LogP contribution in [0.25, 0.3) is 0 Å². The third-order valence-electron chi connectivity index (χ3n) is 1.63. The average Bonchev–Trinajstić information content (AvgIpc) is 2.11. The summed E-state index contributed by atoms with van der Waals surface area (Å²) in [5.74, 6) is 0. The second-order valence-electron chi connectivity index (χ2n) is 2.81. The summed E-state index contributed by atoms with van der Waals surface area (Å²) >= 11 is 17.6. The van der Waals surface area contributed by atoms with E-state index in [4.69, 9.17) is 0 Å². The fourth-order valence-corrected chi connectivity index (χ4v) is 4.72. The van der Waals surface area contributed by atoms with Crippen molar-refractivity contribution in [2.45, 2.75) is 0 Å². The van der Waals surface area contributed by atoms with Crippen molar-refractivity contribution in [3.63, 3.8) is 0 Å². The molecule has 0 amide bonds. The maximum atomic E-state index is 3.55. The van der Waals surface area contributed by atoms with E-state index in [9.17, 15) is 0 Å². The Labute approximate surface area is 125 Å². The lowest BCUT2D eigenvalue weighted by atomic mass is 10.3. The highest BCUT2D eigenvalue weighted by Gasteiger charge is 2.18. The predicted molar refractivity (Wildman–Crippen MR) is 79.3 cm³/mol. The van der Waals surface area contributed by atoms with Crippen LogP contribution < -0.4 is 4.90 Å². The minimum absolute atomic E-state index is 0.988. The zero-order valence-corrected chi connectivity index (χ0v) is 15.3. The van der Waals surface area contributed by atoms with E-state index in [2.05, 4.69) is 79.6 Å². The Morgan fingerprint density at radius 2 is 0.929 bits per heavy atom. The minimum atomic E-state index is 0.988. The summed E-state index contributed by atoms with van der Waals surface area (Å²) in [6, 6.07) is 0. The summed E-state index contributed by atoms with van der Waals surface area (Å²) < 4.78 is 5.02. The molecule has 0 aromatic heterocycles. The van der Waals surface area contributed by atoms with E-state index >= 15 is 0 Å². The summed E-state index contributed by atoms with van der Waals surface area (Å²) in [4.78, 5) is 2.04. The van der Waals surface area contributed by atoms with E-state index in [1.165, 1.54) is 0 Å². The smallest absolute Gasteiger partial charge is 0.0673 e. The third-order valence-corrected chi connectivity index (χ3v) is 7.69. The molecule has 0 unspecified atom stereocenters. The van der Waals surface area contributed by atoms with Crippen LogP contribution in [0.2, 0.25) is 0 Å². The van der Waals surface area contributed by atoms with Gasteiger partial charge in [-0.1, -0.05) is 0 Å². The lowest BCUT2D eigenvalue weighted by molar-refractivity contribution is 1.11. The van der Waals surface area contributed by atoms with Gasteiger partial charge in [0.2, 0.25) is 0 Å². The lowest BCUT2D eigenvalue weighted by Gasteiger charge is -2.19. The number of hydrogen-bond donors (Lipinski definition) is 0.